The van der Waals surface area contributed by atoms with Gasteiger partial charge in [0.15, 0.2) is 0 Å². The molecule has 0 aliphatic heterocycles. The molecule has 0 bridgehead atoms. The summed E-state index contributed by atoms with van der Waals surface area (Å²) in [5.41, 5.74) is 1.06. The van der Waals surface area contributed by atoms with Crippen molar-refractivity contribution < 1.29 is 9.50 Å². The number of aliphatic hydroxyl groups is 1. The highest BCUT2D eigenvalue weighted by Gasteiger charge is 1.96. The van der Waals surface area contributed by atoms with Crippen LogP contribution in [0.5, 0.6) is 0 Å². The third-order valence-electron chi connectivity index (χ3n) is 2.43. The van der Waals surface area contributed by atoms with E-state index in [-0.39, 0.29) is 12.4 Å². The number of aliphatic hydroxyl groups excluding tert-OH is 1. The van der Waals surface area contributed by atoms with Crippen molar-refractivity contribution in [3.8, 4) is 0 Å². The Kier molecular flexibility index (Phi) is 3.32. The zero-order valence-corrected chi connectivity index (χ0v) is 8.86. The van der Waals surface area contributed by atoms with Gasteiger partial charge >= 0.3 is 0 Å². The van der Waals surface area contributed by atoms with Gasteiger partial charge in [0, 0.05) is 6.61 Å². The molecule has 2 aromatic carbocycles. The van der Waals surface area contributed by atoms with Crippen LogP contribution in [-0.4, -0.2) is 11.7 Å². The van der Waals surface area contributed by atoms with Crippen molar-refractivity contribution in [2.45, 2.75) is 6.42 Å². The number of fused-ring (bicyclic) bond motifs is 1. The first-order valence-electron chi connectivity index (χ1n) is 5.26. The molecule has 0 saturated heterocycles. The summed E-state index contributed by atoms with van der Waals surface area (Å²) < 4.78 is 12.9. The summed E-state index contributed by atoms with van der Waals surface area (Å²) in [7, 11) is 0. The van der Waals surface area contributed by atoms with Crippen molar-refractivity contribution in [3.05, 3.63) is 53.9 Å². The molecule has 82 valence electrons. The van der Waals surface area contributed by atoms with Crippen LogP contribution < -0.4 is 0 Å². The smallest absolute Gasteiger partial charge is 0.123 e. The molecule has 0 aliphatic carbocycles. The second kappa shape index (κ2) is 4.90. The fraction of sp³-hybridized carbons (Fsp3) is 0.143. The summed E-state index contributed by atoms with van der Waals surface area (Å²) in [5.74, 6) is -0.212. The maximum Gasteiger partial charge on any atom is 0.123 e. The number of halogens is 1. The lowest BCUT2D eigenvalue weighted by molar-refractivity contribution is 0.303. The Morgan fingerprint density at radius 2 is 1.81 bits per heavy atom. The molecule has 1 N–H and O–H groups in total. The van der Waals surface area contributed by atoms with Gasteiger partial charge < -0.3 is 5.11 Å². The highest BCUT2D eigenvalue weighted by molar-refractivity contribution is 5.84. The second-order valence-corrected chi connectivity index (χ2v) is 3.67. The van der Waals surface area contributed by atoms with E-state index >= 15 is 0 Å². The van der Waals surface area contributed by atoms with Crippen LogP contribution in [0.25, 0.3) is 16.8 Å². The van der Waals surface area contributed by atoms with E-state index in [1.807, 2.05) is 30.4 Å². The summed E-state index contributed by atoms with van der Waals surface area (Å²) >= 11 is 0. The lowest BCUT2D eigenvalue weighted by Crippen LogP contribution is -1.79. The summed E-state index contributed by atoms with van der Waals surface area (Å²) in [6.45, 7) is 0.162. The van der Waals surface area contributed by atoms with Crippen LogP contribution in [0.4, 0.5) is 4.39 Å². The topological polar surface area (TPSA) is 20.2 Å². The van der Waals surface area contributed by atoms with Crippen LogP contribution in [0.3, 0.4) is 0 Å². The van der Waals surface area contributed by atoms with Crippen LogP contribution in [0.1, 0.15) is 12.0 Å². The summed E-state index contributed by atoms with van der Waals surface area (Å²) in [6, 6.07) is 10.6. The van der Waals surface area contributed by atoms with Crippen LogP contribution in [0.2, 0.25) is 0 Å². The molecule has 0 spiro atoms. The lowest BCUT2D eigenvalue weighted by Gasteiger charge is -1.99. The van der Waals surface area contributed by atoms with Crippen molar-refractivity contribution >= 4 is 16.8 Å². The van der Waals surface area contributed by atoms with Crippen molar-refractivity contribution in [3.63, 3.8) is 0 Å². The molecular formula is C14H13FO. The van der Waals surface area contributed by atoms with Gasteiger partial charge in [0.2, 0.25) is 0 Å². The number of hydrogen-bond acceptors (Lipinski definition) is 1. The lowest BCUT2D eigenvalue weighted by atomic mass is 10.1. The first-order chi connectivity index (χ1) is 7.79. The van der Waals surface area contributed by atoms with Gasteiger partial charge in [-0.2, -0.15) is 0 Å². The maximum absolute atomic E-state index is 12.9. The number of rotatable bonds is 3. The minimum atomic E-state index is -0.212. The first-order valence-corrected chi connectivity index (χ1v) is 5.26. The van der Waals surface area contributed by atoms with Gasteiger partial charge in [0.1, 0.15) is 5.82 Å². The molecule has 2 aromatic rings. The Labute approximate surface area is 93.8 Å². The van der Waals surface area contributed by atoms with Gasteiger partial charge in [-0.25, -0.2) is 4.39 Å². The van der Waals surface area contributed by atoms with Gasteiger partial charge in [-0.15, -0.1) is 0 Å². The highest BCUT2D eigenvalue weighted by Crippen LogP contribution is 2.18. The Morgan fingerprint density at radius 3 is 2.62 bits per heavy atom. The average Bonchev–Trinajstić information content (AvgIpc) is 2.29. The Hall–Kier alpha value is -1.67. The molecular weight excluding hydrogens is 203 g/mol. The molecule has 16 heavy (non-hydrogen) atoms. The molecule has 0 saturated carbocycles. The van der Waals surface area contributed by atoms with Crippen molar-refractivity contribution in [1.82, 2.24) is 0 Å². The van der Waals surface area contributed by atoms with E-state index in [9.17, 15) is 4.39 Å². The average molecular weight is 216 g/mol. The number of hydrogen-bond donors (Lipinski definition) is 1. The molecule has 0 fully saturated rings. The minimum Gasteiger partial charge on any atom is -0.396 e. The van der Waals surface area contributed by atoms with Gasteiger partial charge in [0.25, 0.3) is 0 Å². The minimum absolute atomic E-state index is 0.162. The molecule has 0 amide bonds. The van der Waals surface area contributed by atoms with Gasteiger partial charge in [0.05, 0.1) is 0 Å². The molecule has 0 radical (unpaired) electrons. The maximum atomic E-state index is 12.9. The quantitative estimate of drug-likeness (QED) is 0.834. The SMILES string of the molecule is OCC/C=C/c1ccc2cc(F)ccc2c1. The van der Waals surface area contributed by atoms with Crippen molar-refractivity contribution in [1.29, 1.82) is 0 Å². The normalized spacial score (nSPS) is 11.4. The van der Waals surface area contributed by atoms with E-state index in [0.29, 0.717) is 6.42 Å². The van der Waals surface area contributed by atoms with E-state index in [0.717, 1.165) is 16.3 Å². The molecule has 2 heteroatoms. The standard InChI is InChI=1S/C14H13FO/c15-14-7-6-12-9-11(3-1-2-8-16)4-5-13(12)10-14/h1,3-7,9-10,16H,2,8H2/b3-1+. The zero-order valence-electron chi connectivity index (χ0n) is 8.86. The zero-order chi connectivity index (χ0) is 11.4. The third kappa shape index (κ3) is 2.47. The number of benzene rings is 2. The Morgan fingerprint density at radius 1 is 1.06 bits per heavy atom. The van der Waals surface area contributed by atoms with E-state index < -0.39 is 0 Å². The van der Waals surface area contributed by atoms with Crippen LogP contribution in [0, 0.1) is 5.82 Å². The van der Waals surface area contributed by atoms with E-state index in [4.69, 9.17) is 5.11 Å². The second-order valence-electron chi connectivity index (χ2n) is 3.67. The van der Waals surface area contributed by atoms with Gasteiger partial charge in [-0.1, -0.05) is 30.4 Å². The molecule has 0 atom stereocenters. The van der Waals surface area contributed by atoms with Crippen molar-refractivity contribution in [2.24, 2.45) is 0 Å². The molecule has 0 unspecified atom stereocenters. The van der Waals surface area contributed by atoms with E-state index in [1.54, 1.807) is 6.07 Å². The molecule has 0 aromatic heterocycles. The molecule has 1 nitrogen and oxygen atoms in total. The van der Waals surface area contributed by atoms with Crippen LogP contribution >= 0.6 is 0 Å². The largest absolute Gasteiger partial charge is 0.396 e. The van der Waals surface area contributed by atoms with Crippen LogP contribution in [-0.2, 0) is 0 Å². The predicted octanol–water partition coefficient (Wildman–Crippen LogP) is 3.37. The summed E-state index contributed by atoms with van der Waals surface area (Å²) in [6.07, 6.45) is 4.53. The Balaban J connectivity index is 2.33. The highest BCUT2D eigenvalue weighted by atomic mass is 19.1. The fourth-order valence-corrected chi connectivity index (χ4v) is 1.63. The third-order valence-corrected chi connectivity index (χ3v) is 2.43. The van der Waals surface area contributed by atoms with E-state index in [2.05, 4.69) is 0 Å². The molecule has 0 heterocycles. The first kappa shape index (κ1) is 10.8. The van der Waals surface area contributed by atoms with Gasteiger partial charge in [-0.3, -0.25) is 0 Å². The van der Waals surface area contributed by atoms with Gasteiger partial charge in [-0.05, 0) is 41.0 Å². The fourth-order valence-electron chi connectivity index (χ4n) is 1.63. The van der Waals surface area contributed by atoms with Crippen LogP contribution in [0.15, 0.2) is 42.5 Å². The van der Waals surface area contributed by atoms with Crippen molar-refractivity contribution in [2.75, 3.05) is 6.61 Å². The summed E-state index contributed by atoms with van der Waals surface area (Å²) in [5, 5.41) is 10.6. The molecule has 2 rings (SSSR count). The Bertz CT molecular complexity index is 517. The predicted molar refractivity (Wildman–Crippen MR) is 64.6 cm³/mol. The molecule has 0 aliphatic rings. The monoisotopic (exact) mass is 216 g/mol. The summed E-state index contributed by atoms with van der Waals surface area (Å²) in [4.78, 5) is 0. The van der Waals surface area contributed by atoms with E-state index in [1.165, 1.54) is 12.1 Å².